The van der Waals surface area contributed by atoms with E-state index in [1.165, 1.54) is 12.1 Å². The Morgan fingerprint density at radius 2 is 1.52 bits per heavy atom. The second kappa shape index (κ2) is 5.34. The van der Waals surface area contributed by atoms with Gasteiger partial charge in [-0.3, -0.25) is 9.59 Å². The number of amides is 2. The number of carbonyl (C=O) groups excluding carboxylic acids is 2. The first-order valence-electron chi connectivity index (χ1n) is 6.06. The van der Waals surface area contributed by atoms with Crippen LogP contribution >= 0.6 is 34.8 Å². The van der Waals surface area contributed by atoms with Crippen LogP contribution in [-0.4, -0.2) is 11.8 Å². The molecule has 1 aliphatic rings. The molecule has 0 N–H and O–H groups in total. The van der Waals surface area contributed by atoms with Gasteiger partial charge in [-0.05, 0) is 24.3 Å². The first kappa shape index (κ1) is 14.4. The van der Waals surface area contributed by atoms with Gasteiger partial charge in [-0.25, -0.2) is 4.90 Å². The van der Waals surface area contributed by atoms with Crippen molar-refractivity contribution < 1.29 is 9.59 Å². The number of benzene rings is 2. The average molecular weight is 341 g/mol. The van der Waals surface area contributed by atoms with E-state index in [9.17, 15) is 9.59 Å². The first-order valence-corrected chi connectivity index (χ1v) is 7.35. The molecule has 2 amide bonds. The normalized spacial score (nSPS) is 13.8. The van der Waals surface area contributed by atoms with Crippen LogP contribution in [0, 0.1) is 0 Å². The molecular weight excluding hydrogens is 333 g/mol. The van der Waals surface area contributed by atoms with E-state index in [2.05, 4.69) is 0 Å². The number of halogens is 3. The van der Waals surface area contributed by atoms with Crippen molar-refractivity contribution in [2.24, 2.45) is 0 Å². The Balaban J connectivity index is 2.20. The summed E-state index contributed by atoms with van der Waals surface area (Å²) in [4.78, 5) is 26.0. The molecule has 3 rings (SSSR count). The first-order chi connectivity index (χ1) is 10.0. The van der Waals surface area contributed by atoms with E-state index in [-0.39, 0.29) is 5.88 Å². The van der Waals surface area contributed by atoms with Gasteiger partial charge < -0.3 is 0 Å². The summed E-state index contributed by atoms with van der Waals surface area (Å²) >= 11 is 18.0. The van der Waals surface area contributed by atoms with Crippen LogP contribution in [0.3, 0.4) is 0 Å². The zero-order valence-corrected chi connectivity index (χ0v) is 12.8. The molecule has 2 aromatic rings. The zero-order valence-electron chi connectivity index (χ0n) is 10.6. The average Bonchev–Trinajstić information content (AvgIpc) is 2.71. The minimum Gasteiger partial charge on any atom is -0.268 e. The summed E-state index contributed by atoms with van der Waals surface area (Å²) in [5.74, 6) is -0.737. The van der Waals surface area contributed by atoms with E-state index < -0.39 is 11.8 Å². The van der Waals surface area contributed by atoms with Gasteiger partial charge in [0.25, 0.3) is 11.8 Å². The number of hydrogen-bond acceptors (Lipinski definition) is 2. The van der Waals surface area contributed by atoms with Gasteiger partial charge in [0.1, 0.15) is 0 Å². The second-order valence-corrected chi connectivity index (χ2v) is 5.62. The second-order valence-electron chi connectivity index (χ2n) is 4.51. The number of alkyl halides is 1. The minimum atomic E-state index is -0.402. The molecule has 3 nitrogen and oxygen atoms in total. The third-order valence-corrected chi connectivity index (χ3v) is 4.13. The SMILES string of the molecule is O=C1c2ccccc2C(=O)N1c1cc(Cl)cc(Cl)c1CCl. The summed E-state index contributed by atoms with van der Waals surface area (Å²) in [5.41, 5.74) is 1.55. The Morgan fingerprint density at radius 1 is 0.952 bits per heavy atom. The fraction of sp³-hybridized carbons (Fsp3) is 0.0667. The van der Waals surface area contributed by atoms with Gasteiger partial charge in [-0.1, -0.05) is 35.3 Å². The van der Waals surface area contributed by atoms with Gasteiger partial charge in [0, 0.05) is 15.6 Å². The van der Waals surface area contributed by atoms with Gasteiger partial charge in [0.15, 0.2) is 0 Å². The summed E-state index contributed by atoms with van der Waals surface area (Å²) in [7, 11) is 0. The van der Waals surface area contributed by atoms with Crippen LogP contribution in [0.25, 0.3) is 0 Å². The number of fused-ring (bicyclic) bond motifs is 1. The zero-order chi connectivity index (χ0) is 15.1. The van der Waals surface area contributed by atoms with E-state index in [0.717, 1.165) is 4.90 Å². The van der Waals surface area contributed by atoms with Crippen LogP contribution in [-0.2, 0) is 5.88 Å². The smallest absolute Gasteiger partial charge is 0.266 e. The van der Waals surface area contributed by atoms with Gasteiger partial charge in [0.05, 0.1) is 22.7 Å². The predicted octanol–water partition coefficient (Wildman–Crippen LogP) is 4.53. The van der Waals surface area contributed by atoms with Crippen molar-refractivity contribution in [2.75, 3.05) is 4.90 Å². The molecule has 0 radical (unpaired) electrons. The highest BCUT2D eigenvalue weighted by Gasteiger charge is 2.37. The number of rotatable bonds is 2. The Bertz CT molecular complexity index is 739. The van der Waals surface area contributed by atoms with Gasteiger partial charge in [0.2, 0.25) is 0 Å². The molecular formula is C15H8Cl3NO2. The standard InChI is InChI=1S/C15H8Cl3NO2/c16-7-11-12(18)5-8(17)6-13(11)19-14(20)9-3-1-2-4-10(9)15(19)21/h1-6H,7H2. The quantitative estimate of drug-likeness (QED) is 0.595. The molecule has 106 valence electrons. The summed E-state index contributed by atoms with van der Waals surface area (Å²) in [6, 6.07) is 9.70. The maximum Gasteiger partial charge on any atom is 0.266 e. The summed E-state index contributed by atoms with van der Waals surface area (Å²) in [6.07, 6.45) is 0. The van der Waals surface area contributed by atoms with Crippen LogP contribution in [0.4, 0.5) is 5.69 Å². The molecule has 1 aliphatic heterocycles. The monoisotopic (exact) mass is 339 g/mol. The molecule has 2 aromatic carbocycles. The number of nitrogens with zero attached hydrogens (tertiary/aromatic N) is 1. The van der Waals surface area contributed by atoms with E-state index in [1.54, 1.807) is 24.3 Å². The molecule has 0 saturated heterocycles. The third-order valence-electron chi connectivity index (χ3n) is 3.31. The molecule has 1 heterocycles. The minimum absolute atomic E-state index is 0.0682. The molecule has 21 heavy (non-hydrogen) atoms. The molecule has 6 heteroatoms. The largest absolute Gasteiger partial charge is 0.268 e. The van der Waals surface area contributed by atoms with Crippen molar-refractivity contribution in [1.82, 2.24) is 0 Å². The Kier molecular flexibility index (Phi) is 3.66. The Labute approximate surface area is 136 Å². The summed E-state index contributed by atoms with van der Waals surface area (Å²) in [6.45, 7) is 0. The molecule has 0 unspecified atom stereocenters. The predicted molar refractivity (Wildman–Crippen MR) is 83.6 cm³/mol. The maximum absolute atomic E-state index is 12.5. The van der Waals surface area contributed by atoms with Crippen molar-refractivity contribution in [1.29, 1.82) is 0 Å². The molecule has 0 fully saturated rings. The highest BCUT2D eigenvalue weighted by molar-refractivity contribution is 6.39. The molecule has 0 atom stereocenters. The van der Waals surface area contributed by atoms with E-state index in [1.807, 2.05) is 0 Å². The van der Waals surface area contributed by atoms with Crippen LogP contribution < -0.4 is 4.90 Å². The Morgan fingerprint density at radius 3 is 2.05 bits per heavy atom. The highest BCUT2D eigenvalue weighted by atomic mass is 35.5. The topological polar surface area (TPSA) is 37.4 Å². The van der Waals surface area contributed by atoms with Crippen LogP contribution in [0.5, 0.6) is 0 Å². The van der Waals surface area contributed by atoms with Crippen LogP contribution in [0.1, 0.15) is 26.3 Å². The number of anilines is 1. The van der Waals surface area contributed by atoms with Crippen molar-refractivity contribution in [3.05, 3.63) is 63.1 Å². The number of imide groups is 1. The van der Waals surface area contributed by atoms with Crippen molar-refractivity contribution in [2.45, 2.75) is 5.88 Å². The lowest BCUT2D eigenvalue weighted by molar-refractivity contribution is 0.0926. The number of hydrogen-bond donors (Lipinski definition) is 0. The van der Waals surface area contributed by atoms with Crippen LogP contribution in [0.15, 0.2) is 36.4 Å². The van der Waals surface area contributed by atoms with Crippen molar-refractivity contribution in [3.8, 4) is 0 Å². The fourth-order valence-electron chi connectivity index (χ4n) is 2.33. The molecule has 0 aromatic heterocycles. The summed E-state index contributed by atoms with van der Waals surface area (Å²) < 4.78 is 0. The lowest BCUT2D eigenvalue weighted by Gasteiger charge is -2.18. The van der Waals surface area contributed by atoms with Crippen molar-refractivity contribution in [3.63, 3.8) is 0 Å². The van der Waals surface area contributed by atoms with Gasteiger partial charge >= 0.3 is 0 Å². The third kappa shape index (κ3) is 2.22. The van der Waals surface area contributed by atoms with Gasteiger partial charge in [-0.15, -0.1) is 11.6 Å². The Hall–Kier alpha value is -1.55. The fourth-order valence-corrected chi connectivity index (χ4v) is 3.23. The van der Waals surface area contributed by atoms with E-state index in [4.69, 9.17) is 34.8 Å². The summed E-state index contributed by atoms with van der Waals surface area (Å²) in [5, 5.41) is 0.657. The van der Waals surface area contributed by atoms with E-state index in [0.29, 0.717) is 32.4 Å². The molecule has 0 saturated carbocycles. The molecule has 0 aliphatic carbocycles. The van der Waals surface area contributed by atoms with Crippen LogP contribution in [0.2, 0.25) is 10.0 Å². The maximum atomic E-state index is 12.5. The van der Waals surface area contributed by atoms with E-state index >= 15 is 0 Å². The lowest BCUT2D eigenvalue weighted by Crippen LogP contribution is -2.30. The lowest BCUT2D eigenvalue weighted by atomic mass is 10.1. The molecule has 0 spiro atoms. The van der Waals surface area contributed by atoms with Gasteiger partial charge in [-0.2, -0.15) is 0 Å². The van der Waals surface area contributed by atoms with Crippen molar-refractivity contribution >= 4 is 52.3 Å². The highest BCUT2D eigenvalue weighted by Crippen LogP contribution is 2.37. The number of carbonyl (C=O) groups is 2. The molecule has 0 bridgehead atoms.